The van der Waals surface area contributed by atoms with Gasteiger partial charge in [0, 0.05) is 45.6 Å². The maximum Gasteiger partial charge on any atom is 0.192 e. The number of hydrogen-bond donors (Lipinski definition) is 1. The number of thiazole rings is 1. The molecular formula is C26H17N5OS2. The van der Waals surface area contributed by atoms with Gasteiger partial charge in [-0.15, -0.1) is 11.3 Å². The molecule has 0 fully saturated rings. The van der Waals surface area contributed by atoms with Crippen molar-refractivity contribution in [1.82, 2.24) is 15.0 Å². The van der Waals surface area contributed by atoms with Crippen LogP contribution in [0.3, 0.4) is 0 Å². The van der Waals surface area contributed by atoms with Crippen molar-refractivity contribution >= 4 is 28.4 Å². The number of nitrogens with zero attached hydrogens (tertiary/aromatic N) is 4. The van der Waals surface area contributed by atoms with E-state index in [1.807, 2.05) is 60.0 Å². The second-order valence-electron chi connectivity index (χ2n) is 7.09. The molecule has 0 unspecified atom stereocenters. The van der Waals surface area contributed by atoms with Crippen LogP contribution in [0.25, 0.3) is 22.4 Å². The van der Waals surface area contributed by atoms with Gasteiger partial charge >= 0.3 is 0 Å². The Balaban J connectivity index is 1.47. The van der Waals surface area contributed by atoms with Gasteiger partial charge in [0.15, 0.2) is 10.9 Å². The van der Waals surface area contributed by atoms with Crippen molar-refractivity contribution in [2.24, 2.45) is 0 Å². The summed E-state index contributed by atoms with van der Waals surface area (Å²) in [5, 5.41) is 12.5. The summed E-state index contributed by atoms with van der Waals surface area (Å²) in [5.74, 6) is 1.01. The largest absolute Gasteiger partial charge is 0.454 e. The van der Waals surface area contributed by atoms with Gasteiger partial charge in [0.25, 0.3) is 0 Å². The van der Waals surface area contributed by atoms with E-state index < -0.39 is 0 Å². The zero-order valence-corrected chi connectivity index (χ0v) is 19.4. The minimum absolute atomic E-state index is 0.426. The number of nitriles is 1. The second-order valence-corrected chi connectivity index (χ2v) is 8.86. The van der Waals surface area contributed by atoms with E-state index in [9.17, 15) is 5.26 Å². The van der Waals surface area contributed by atoms with Gasteiger partial charge < -0.3 is 9.46 Å². The molecule has 1 N–H and O–H groups in total. The van der Waals surface area contributed by atoms with Gasteiger partial charge in [0.1, 0.15) is 11.8 Å². The summed E-state index contributed by atoms with van der Waals surface area (Å²) in [5.41, 5.74) is 4.00. The lowest BCUT2D eigenvalue weighted by atomic mass is 10.0. The van der Waals surface area contributed by atoms with Crippen molar-refractivity contribution in [2.45, 2.75) is 4.90 Å². The van der Waals surface area contributed by atoms with Crippen molar-refractivity contribution in [1.29, 1.82) is 5.26 Å². The predicted octanol–water partition coefficient (Wildman–Crippen LogP) is 7.05. The molecule has 34 heavy (non-hydrogen) atoms. The number of ether oxygens (including phenoxy) is 1. The van der Waals surface area contributed by atoms with E-state index in [0.717, 1.165) is 32.4 Å². The van der Waals surface area contributed by atoms with E-state index >= 15 is 0 Å². The van der Waals surface area contributed by atoms with Gasteiger partial charge in [-0.3, -0.25) is 9.97 Å². The molecule has 0 aliphatic heterocycles. The standard InChI is InChI=1S/C26H17N5OS2/c27-15-20-13-21(34-31-26-29-11-12-33-26)8-9-24(20)32-25-17-30-23(18-5-2-1-3-6-18)14-22(25)19-7-4-10-28-16-19/h1-14,16-17H,(H,29,31). The van der Waals surface area contributed by atoms with E-state index in [4.69, 9.17) is 4.74 Å². The van der Waals surface area contributed by atoms with Crippen LogP contribution in [0, 0.1) is 11.3 Å². The molecule has 2 aromatic carbocycles. The smallest absolute Gasteiger partial charge is 0.192 e. The molecule has 0 radical (unpaired) electrons. The average molecular weight is 480 g/mol. The molecule has 3 heterocycles. The lowest BCUT2D eigenvalue weighted by Crippen LogP contribution is -1.95. The molecule has 0 saturated heterocycles. The lowest BCUT2D eigenvalue weighted by molar-refractivity contribution is 0.480. The van der Waals surface area contributed by atoms with Crippen LogP contribution in [0.15, 0.2) is 102 Å². The summed E-state index contributed by atoms with van der Waals surface area (Å²) in [6.07, 6.45) is 6.94. The Morgan fingerprint density at radius 2 is 1.76 bits per heavy atom. The Morgan fingerprint density at radius 1 is 0.882 bits per heavy atom. The summed E-state index contributed by atoms with van der Waals surface area (Å²) in [4.78, 5) is 13.9. The minimum Gasteiger partial charge on any atom is -0.454 e. The SMILES string of the molecule is N#Cc1cc(SNc2nccs2)ccc1Oc1cnc(-c2ccccc2)cc1-c1cccnc1. The molecule has 6 nitrogen and oxygen atoms in total. The fourth-order valence-electron chi connectivity index (χ4n) is 3.28. The Morgan fingerprint density at radius 3 is 2.53 bits per heavy atom. The van der Waals surface area contributed by atoms with E-state index in [0.29, 0.717) is 17.1 Å². The molecule has 3 aromatic heterocycles. The fraction of sp³-hybridized carbons (Fsp3) is 0. The van der Waals surface area contributed by atoms with Crippen LogP contribution >= 0.6 is 23.3 Å². The first kappa shape index (κ1) is 21.6. The van der Waals surface area contributed by atoms with Crippen LogP contribution in [0.5, 0.6) is 11.5 Å². The van der Waals surface area contributed by atoms with Crippen molar-refractivity contribution in [3.8, 4) is 40.0 Å². The normalized spacial score (nSPS) is 10.4. The van der Waals surface area contributed by atoms with Gasteiger partial charge in [0.05, 0.1) is 17.5 Å². The molecule has 0 spiro atoms. The third-order valence-corrected chi connectivity index (χ3v) is 6.49. The van der Waals surface area contributed by atoms with Crippen LogP contribution in [-0.4, -0.2) is 15.0 Å². The fourth-order valence-corrected chi connectivity index (χ4v) is 4.54. The van der Waals surface area contributed by atoms with Crippen LogP contribution in [0.4, 0.5) is 5.13 Å². The lowest BCUT2D eigenvalue weighted by Gasteiger charge is -2.14. The number of rotatable bonds is 7. The summed E-state index contributed by atoms with van der Waals surface area (Å²) >= 11 is 2.90. The van der Waals surface area contributed by atoms with Crippen LogP contribution < -0.4 is 9.46 Å². The van der Waals surface area contributed by atoms with E-state index in [1.54, 1.807) is 36.9 Å². The highest BCUT2D eigenvalue weighted by molar-refractivity contribution is 8.00. The molecule has 0 amide bonds. The van der Waals surface area contributed by atoms with Crippen LogP contribution in [0.2, 0.25) is 0 Å². The number of nitrogens with one attached hydrogen (secondary N) is 1. The molecule has 0 aliphatic carbocycles. The summed E-state index contributed by atoms with van der Waals surface area (Å²) in [6.45, 7) is 0. The summed E-state index contributed by atoms with van der Waals surface area (Å²) in [7, 11) is 0. The number of anilines is 1. The highest BCUT2D eigenvalue weighted by Gasteiger charge is 2.14. The number of aromatic nitrogens is 3. The third-order valence-electron chi connectivity index (χ3n) is 4.89. The first-order chi connectivity index (χ1) is 16.8. The Bertz CT molecular complexity index is 1440. The Labute approximate surface area is 205 Å². The summed E-state index contributed by atoms with van der Waals surface area (Å²) in [6, 6.07) is 23.5. The first-order valence-electron chi connectivity index (χ1n) is 10.3. The molecule has 164 valence electrons. The Hall–Kier alpha value is -4.19. The van der Waals surface area contributed by atoms with Crippen molar-refractivity contribution < 1.29 is 4.74 Å². The zero-order chi connectivity index (χ0) is 23.2. The zero-order valence-electron chi connectivity index (χ0n) is 17.8. The average Bonchev–Trinajstić information content (AvgIpc) is 3.43. The van der Waals surface area contributed by atoms with Gasteiger partial charge in [-0.1, -0.05) is 36.4 Å². The van der Waals surface area contributed by atoms with Crippen molar-refractivity contribution in [2.75, 3.05) is 4.72 Å². The van der Waals surface area contributed by atoms with Crippen LogP contribution in [0.1, 0.15) is 5.56 Å². The topological polar surface area (TPSA) is 83.7 Å². The monoisotopic (exact) mass is 479 g/mol. The summed E-state index contributed by atoms with van der Waals surface area (Å²) < 4.78 is 9.40. The highest BCUT2D eigenvalue weighted by atomic mass is 32.2. The molecular weight excluding hydrogens is 462 g/mol. The second kappa shape index (κ2) is 10.2. The van der Waals surface area contributed by atoms with Crippen molar-refractivity contribution in [3.05, 3.63) is 102 Å². The first-order valence-corrected chi connectivity index (χ1v) is 12.0. The van der Waals surface area contributed by atoms with Gasteiger partial charge in [0.2, 0.25) is 0 Å². The quantitative estimate of drug-likeness (QED) is 0.250. The molecule has 0 aliphatic rings. The molecule has 0 saturated carbocycles. The van der Waals surface area contributed by atoms with Crippen LogP contribution in [-0.2, 0) is 0 Å². The highest BCUT2D eigenvalue weighted by Crippen LogP contribution is 2.37. The maximum atomic E-state index is 9.76. The number of hydrogen-bond acceptors (Lipinski definition) is 8. The molecule has 8 heteroatoms. The molecule has 5 aromatic rings. The predicted molar refractivity (Wildman–Crippen MR) is 136 cm³/mol. The van der Waals surface area contributed by atoms with Crippen molar-refractivity contribution in [3.63, 3.8) is 0 Å². The molecule has 0 atom stereocenters. The van der Waals surface area contributed by atoms with E-state index in [-0.39, 0.29) is 0 Å². The Kier molecular flexibility index (Phi) is 6.47. The molecule has 5 rings (SSSR count). The van der Waals surface area contributed by atoms with Gasteiger partial charge in [-0.2, -0.15) is 5.26 Å². The van der Waals surface area contributed by atoms with E-state index in [2.05, 4.69) is 25.7 Å². The van der Waals surface area contributed by atoms with E-state index in [1.165, 1.54) is 23.3 Å². The van der Waals surface area contributed by atoms with Gasteiger partial charge in [-0.25, -0.2) is 4.98 Å². The third kappa shape index (κ3) is 4.91. The maximum absolute atomic E-state index is 9.76. The number of pyridine rings is 2. The molecule has 0 bridgehead atoms. The number of benzene rings is 2. The van der Waals surface area contributed by atoms with Gasteiger partial charge in [-0.05, 0) is 42.3 Å². The minimum atomic E-state index is 0.426.